The van der Waals surface area contributed by atoms with Gasteiger partial charge in [-0.15, -0.1) is 0 Å². The molecule has 162 valence electrons. The fraction of sp³-hybridized carbons (Fsp3) is 0.750. The molecule has 1 rings (SSSR count). The van der Waals surface area contributed by atoms with Crippen LogP contribution in [0.2, 0.25) is 0 Å². The molecule has 0 aliphatic rings. The molecule has 0 saturated heterocycles. The fourth-order valence-electron chi connectivity index (χ4n) is 2.12. The zero-order chi connectivity index (χ0) is 21.0. The molecular formula is C16H30N3O8P. The van der Waals surface area contributed by atoms with Crippen molar-refractivity contribution in [1.29, 1.82) is 0 Å². The van der Waals surface area contributed by atoms with E-state index in [1.54, 1.807) is 0 Å². The Morgan fingerprint density at radius 3 is 2.68 bits per heavy atom. The number of hydrogen-bond donors (Lipinski definition) is 3. The second-order valence-corrected chi connectivity index (χ2v) is 7.91. The van der Waals surface area contributed by atoms with Gasteiger partial charge in [-0.25, -0.2) is 4.79 Å². The molecule has 11 nitrogen and oxygen atoms in total. The summed E-state index contributed by atoms with van der Waals surface area (Å²) < 4.78 is 34.2. The summed E-state index contributed by atoms with van der Waals surface area (Å²) in [6, 6.07) is 1.42. The first-order chi connectivity index (χ1) is 13.3. The minimum Gasteiger partial charge on any atom is -0.394 e. The maximum absolute atomic E-state index is 12.2. The predicted molar refractivity (Wildman–Crippen MR) is 102 cm³/mol. The summed E-state index contributed by atoms with van der Waals surface area (Å²) in [5, 5.41) is 9.40. The number of aliphatic hydroxyl groups excluding tert-OH is 1. The first-order valence-electron chi connectivity index (χ1n) is 8.93. The number of unbranched alkanes of at least 4 members (excludes halogenated alkanes) is 1. The molecule has 12 heteroatoms. The Kier molecular flexibility index (Phi) is 11.5. The second-order valence-electron chi connectivity index (χ2n) is 6.12. The van der Waals surface area contributed by atoms with Crippen LogP contribution in [0.25, 0.3) is 0 Å². The van der Waals surface area contributed by atoms with Crippen molar-refractivity contribution < 1.29 is 33.3 Å². The van der Waals surface area contributed by atoms with Crippen molar-refractivity contribution in [3.63, 3.8) is 0 Å². The Morgan fingerprint density at radius 1 is 1.32 bits per heavy atom. The van der Waals surface area contributed by atoms with Crippen molar-refractivity contribution >= 4 is 13.4 Å². The summed E-state index contributed by atoms with van der Waals surface area (Å²) in [6.45, 7) is 2.07. The van der Waals surface area contributed by atoms with E-state index < -0.39 is 38.4 Å². The molecule has 0 aromatic carbocycles. The van der Waals surface area contributed by atoms with Crippen LogP contribution in [0.15, 0.2) is 17.1 Å². The van der Waals surface area contributed by atoms with E-state index in [-0.39, 0.29) is 25.6 Å². The van der Waals surface area contributed by atoms with Crippen LogP contribution in [0.3, 0.4) is 0 Å². The topological polar surface area (TPSA) is 155 Å². The fourth-order valence-corrected chi connectivity index (χ4v) is 3.00. The van der Waals surface area contributed by atoms with Crippen molar-refractivity contribution in [3.8, 4) is 0 Å². The second kappa shape index (κ2) is 13.0. The highest BCUT2D eigenvalue weighted by molar-refractivity contribution is 7.52. The Bertz CT molecular complexity index is 672. The maximum atomic E-state index is 12.2. The lowest BCUT2D eigenvalue weighted by Crippen LogP contribution is -2.32. The number of aromatic nitrogens is 2. The van der Waals surface area contributed by atoms with Crippen LogP contribution in [-0.4, -0.2) is 71.6 Å². The van der Waals surface area contributed by atoms with E-state index in [0.717, 1.165) is 12.8 Å². The molecule has 0 spiro atoms. The van der Waals surface area contributed by atoms with Gasteiger partial charge in [-0.2, -0.15) is 4.98 Å². The van der Waals surface area contributed by atoms with Crippen LogP contribution >= 0.6 is 7.60 Å². The van der Waals surface area contributed by atoms with Crippen molar-refractivity contribution in [2.75, 3.05) is 45.6 Å². The third-order valence-electron chi connectivity index (χ3n) is 3.64. The van der Waals surface area contributed by atoms with Crippen LogP contribution in [0.1, 0.15) is 19.8 Å². The van der Waals surface area contributed by atoms with Gasteiger partial charge in [0, 0.05) is 19.9 Å². The van der Waals surface area contributed by atoms with Gasteiger partial charge in [0.05, 0.1) is 32.5 Å². The SMILES string of the molecule is CCCCO[C@H](COC)COP(=O)(O)CO[C@H](CO)Cn1ccc(N)nc1=O. The summed E-state index contributed by atoms with van der Waals surface area (Å²) in [7, 11) is -2.59. The highest BCUT2D eigenvalue weighted by Crippen LogP contribution is 2.42. The van der Waals surface area contributed by atoms with E-state index >= 15 is 0 Å². The van der Waals surface area contributed by atoms with Crippen LogP contribution in [-0.2, 0) is 29.8 Å². The van der Waals surface area contributed by atoms with E-state index in [4.69, 9.17) is 24.5 Å². The van der Waals surface area contributed by atoms with E-state index in [0.29, 0.717) is 6.61 Å². The summed E-state index contributed by atoms with van der Waals surface area (Å²) in [4.78, 5) is 25.2. The van der Waals surface area contributed by atoms with Crippen molar-refractivity contribution in [3.05, 3.63) is 22.7 Å². The molecule has 1 heterocycles. The number of hydrogen-bond acceptors (Lipinski definition) is 9. The highest BCUT2D eigenvalue weighted by Gasteiger charge is 2.25. The zero-order valence-electron chi connectivity index (χ0n) is 16.2. The van der Waals surface area contributed by atoms with Crippen molar-refractivity contribution in [2.24, 2.45) is 0 Å². The molecule has 1 aromatic heterocycles. The number of rotatable bonds is 15. The highest BCUT2D eigenvalue weighted by atomic mass is 31.2. The third-order valence-corrected chi connectivity index (χ3v) is 4.67. The average molecular weight is 423 g/mol. The number of methoxy groups -OCH3 is 1. The number of anilines is 1. The van der Waals surface area contributed by atoms with Gasteiger partial charge in [-0.1, -0.05) is 13.3 Å². The quantitative estimate of drug-likeness (QED) is 0.263. The molecule has 0 bridgehead atoms. The number of nitrogens with two attached hydrogens (primary N) is 1. The van der Waals surface area contributed by atoms with Crippen molar-refractivity contribution in [2.45, 2.75) is 38.5 Å². The number of nitrogens with zero attached hydrogens (tertiary/aromatic N) is 2. The van der Waals surface area contributed by atoms with E-state index in [9.17, 15) is 19.4 Å². The average Bonchev–Trinajstić information content (AvgIpc) is 2.65. The Labute approximate surface area is 163 Å². The molecular weight excluding hydrogens is 393 g/mol. The summed E-state index contributed by atoms with van der Waals surface area (Å²) in [5.74, 6) is 0.0720. The zero-order valence-corrected chi connectivity index (χ0v) is 17.1. The molecule has 4 N–H and O–H groups in total. The molecule has 0 aliphatic heterocycles. The first-order valence-corrected chi connectivity index (χ1v) is 10.7. The Hall–Kier alpha value is -1.33. The third kappa shape index (κ3) is 9.74. The van der Waals surface area contributed by atoms with Gasteiger partial charge in [0.2, 0.25) is 0 Å². The minimum absolute atomic E-state index is 0.0605. The van der Waals surface area contributed by atoms with E-state index in [1.165, 1.54) is 23.9 Å². The van der Waals surface area contributed by atoms with Crippen LogP contribution in [0.4, 0.5) is 5.82 Å². The monoisotopic (exact) mass is 423 g/mol. The lowest BCUT2D eigenvalue weighted by molar-refractivity contribution is -0.0316. The van der Waals surface area contributed by atoms with E-state index in [2.05, 4.69) is 4.98 Å². The van der Waals surface area contributed by atoms with Gasteiger partial charge in [0.1, 0.15) is 18.3 Å². The molecule has 0 radical (unpaired) electrons. The lowest BCUT2D eigenvalue weighted by atomic mass is 10.3. The smallest absolute Gasteiger partial charge is 0.353 e. The number of aliphatic hydroxyl groups is 1. The largest absolute Gasteiger partial charge is 0.394 e. The molecule has 0 aliphatic carbocycles. The molecule has 1 aromatic rings. The summed E-state index contributed by atoms with van der Waals surface area (Å²) in [6.07, 6.45) is 1.19. The minimum atomic E-state index is -4.09. The van der Waals surface area contributed by atoms with Gasteiger partial charge in [0.15, 0.2) is 0 Å². The molecule has 28 heavy (non-hydrogen) atoms. The standard InChI is InChI=1S/C16H30N3O8P/c1-3-4-7-25-14(10-24-2)11-27-28(22,23)12-26-13(9-20)8-19-6-5-15(17)18-16(19)21/h5-6,13-14,20H,3-4,7-12H2,1-2H3,(H,22,23)(H2,17,18,21)/t13-,14+/m0/s1. The van der Waals surface area contributed by atoms with Crippen LogP contribution < -0.4 is 11.4 Å². The lowest BCUT2D eigenvalue weighted by Gasteiger charge is -2.21. The normalized spacial score (nSPS) is 15.9. The van der Waals surface area contributed by atoms with Gasteiger partial charge in [-0.3, -0.25) is 9.13 Å². The Balaban J connectivity index is 2.52. The number of ether oxygens (including phenoxy) is 3. The maximum Gasteiger partial charge on any atom is 0.353 e. The molecule has 0 saturated carbocycles. The van der Waals surface area contributed by atoms with Crippen molar-refractivity contribution in [1.82, 2.24) is 9.55 Å². The molecule has 1 unspecified atom stereocenters. The van der Waals surface area contributed by atoms with Gasteiger partial charge >= 0.3 is 13.3 Å². The molecule has 0 amide bonds. The molecule has 3 atom stereocenters. The molecule has 0 fully saturated rings. The van der Waals surface area contributed by atoms with E-state index in [1.807, 2.05) is 6.92 Å². The first kappa shape index (κ1) is 24.7. The van der Waals surface area contributed by atoms with Crippen LogP contribution in [0, 0.1) is 0 Å². The van der Waals surface area contributed by atoms with Gasteiger partial charge in [0.25, 0.3) is 0 Å². The predicted octanol–water partition coefficient (Wildman–Crippen LogP) is 0.194. The summed E-state index contributed by atoms with van der Waals surface area (Å²) in [5.41, 5.74) is 4.80. The van der Waals surface area contributed by atoms with Gasteiger partial charge < -0.3 is 34.5 Å². The summed E-state index contributed by atoms with van der Waals surface area (Å²) >= 11 is 0. The van der Waals surface area contributed by atoms with Crippen LogP contribution in [0.5, 0.6) is 0 Å². The van der Waals surface area contributed by atoms with Gasteiger partial charge in [-0.05, 0) is 12.5 Å². The Morgan fingerprint density at radius 2 is 2.07 bits per heavy atom. The number of nitrogen functional groups attached to an aromatic ring is 1.